The number of nitrogens with zero attached hydrogens (tertiary/aromatic N) is 1. The van der Waals surface area contributed by atoms with E-state index in [1.165, 1.54) is 0 Å². The second-order valence-electron chi connectivity index (χ2n) is 7.40. The highest BCUT2D eigenvalue weighted by Crippen LogP contribution is 2.33. The van der Waals surface area contributed by atoms with Gasteiger partial charge in [-0.1, -0.05) is 11.6 Å². The summed E-state index contributed by atoms with van der Waals surface area (Å²) in [7, 11) is 0. The lowest BCUT2D eigenvalue weighted by Crippen LogP contribution is -2.47. The molecule has 0 saturated carbocycles. The lowest BCUT2D eigenvalue weighted by Gasteiger charge is -2.36. The molecule has 0 aromatic heterocycles. The fraction of sp³-hybridized carbons (Fsp3) is 0.600. The van der Waals surface area contributed by atoms with E-state index in [4.69, 9.17) is 21.1 Å². The monoisotopic (exact) mass is 395 g/mol. The molecule has 1 N–H and O–H groups in total. The number of benzene rings is 1. The first-order valence-corrected chi connectivity index (χ1v) is 9.80. The molecule has 2 fully saturated rings. The van der Waals surface area contributed by atoms with Gasteiger partial charge in [-0.05, 0) is 62.8 Å². The van der Waals surface area contributed by atoms with Gasteiger partial charge in [0.15, 0.2) is 6.10 Å². The Hall–Kier alpha value is -1.79. The zero-order valence-corrected chi connectivity index (χ0v) is 16.4. The molecule has 3 atom stereocenters. The average Bonchev–Trinajstić information content (AvgIpc) is 3.14. The van der Waals surface area contributed by atoms with Gasteiger partial charge in [-0.3, -0.25) is 9.59 Å². The predicted molar refractivity (Wildman–Crippen MR) is 101 cm³/mol. The molecule has 2 aliphatic rings. The molecule has 2 aliphatic heterocycles. The van der Waals surface area contributed by atoms with Crippen molar-refractivity contribution >= 4 is 23.5 Å². The molecule has 148 valence electrons. The van der Waals surface area contributed by atoms with Gasteiger partial charge < -0.3 is 19.5 Å². The Bertz CT molecular complexity index is 702. The summed E-state index contributed by atoms with van der Waals surface area (Å²) < 4.78 is 11.5. The fourth-order valence-electron chi connectivity index (χ4n) is 3.99. The quantitative estimate of drug-likeness (QED) is 0.828. The van der Waals surface area contributed by atoms with Gasteiger partial charge in [0, 0.05) is 24.7 Å². The van der Waals surface area contributed by atoms with Crippen molar-refractivity contribution in [2.24, 2.45) is 11.8 Å². The van der Waals surface area contributed by atoms with Crippen molar-refractivity contribution in [1.29, 1.82) is 0 Å². The van der Waals surface area contributed by atoms with E-state index >= 15 is 0 Å². The van der Waals surface area contributed by atoms with Crippen LogP contribution in [-0.2, 0) is 14.3 Å². The highest BCUT2D eigenvalue weighted by molar-refractivity contribution is 6.31. The first-order chi connectivity index (χ1) is 12.9. The number of piperidine rings is 1. The second kappa shape index (κ2) is 8.48. The molecular formula is C20H26ClNO5. The summed E-state index contributed by atoms with van der Waals surface area (Å²) >= 11 is 6.02. The minimum absolute atomic E-state index is 0.0526. The summed E-state index contributed by atoms with van der Waals surface area (Å²) in [6.07, 6.45) is 1.27. The van der Waals surface area contributed by atoms with Crippen molar-refractivity contribution in [1.82, 2.24) is 4.90 Å². The number of halogens is 1. The van der Waals surface area contributed by atoms with E-state index in [0.29, 0.717) is 36.9 Å². The fourth-order valence-corrected chi connectivity index (χ4v) is 4.11. The molecule has 0 aliphatic carbocycles. The minimum atomic E-state index is -0.781. The smallest absolute Gasteiger partial charge is 0.309 e. The van der Waals surface area contributed by atoms with Crippen LogP contribution in [0.25, 0.3) is 0 Å². The van der Waals surface area contributed by atoms with Crippen LogP contribution >= 0.6 is 11.6 Å². The molecule has 7 heteroatoms. The molecule has 6 nitrogen and oxygen atoms in total. The van der Waals surface area contributed by atoms with Crippen LogP contribution in [0.4, 0.5) is 0 Å². The number of ether oxygens (including phenoxy) is 2. The van der Waals surface area contributed by atoms with E-state index in [-0.39, 0.29) is 17.9 Å². The molecule has 0 radical (unpaired) electrons. The van der Waals surface area contributed by atoms with Gasteiger partial charge in [0.25, 0.3) is 5.91 Å². The summed E-state index contributed by atoms with van der Waals surface area (Å²) in [4.78, 5) is 25.9. The molecule has 2 heterocycles. The Labute approximate surface area is 164 Å². The van der Waals surface area contributed by atoms with Crippen molar-refractivity contribution in [3.63, 3.8) is 0 Å². The van der Waals surface area contributed by atoms with Gasteiger partial charge >= 0.3 is 5.97 Å². The van der Waals surface area contributed by atoms with Gasteiger partial charge in [-0.25, -0.2) is 0 Å². The van der Waals surface area contributed by atoms with Crippen LogP contribution in [-0.4, -0.2) is 53.8 Å². The van der Waals surface area contributed by atoms with Crippen molar-refractivity contribution in [2.75, 3.05) is 19.7 Å². The molecule has 0 bridgehead atoms. The van der Waals surface area contributed by atoms with E-state index in [1.807, 2.05) is 13.0 Å². The minimum Gasteiger partial charge on any atom is -0.481 e. The standard InChI is InChI=1S/C20H26ClNO5/c1-12-11-15(3-4-17(12)21)27-13(2)19(23)22-8-5-14(6-9-22)18-16(20(24)25)7-10-26-18/h3-4,11,13-14,16,18H,5-10H2,1-2H3,(H,24,25)/t13?,16?,18-/m0/s1. The maximum Gasteiger partial charge on any atom is 0.309 e. The lowest BCUT2D eigenvalue weighted by molar-refractivity contribution is -0.146. The van der Waals surface area contributed by atoms with Gasteiger partial charge in [0.2, 0.25) is 0 Å². The van der Waals surface area contributed by atoms with Crippen molar-refractivity contribution < 1.29 is 24.2 Å². The highest BCUT2D eigenvalue weighted by atomic mass is 35.5. The first kappa shape index (κ1) is 20.0. The summed E-state index contributed by atoms with van der Waals surface area (Å²) in [6.45, 7) is 5.35. The van der Waals surface area contributed by atoms with Crippen LogP contribution in [0.1, 0.15) is 31.7 Å². The van der Waals surface area contributed by atoms with Crippen LogP contribution in [0.3, 0.4) is 0 Å². The van der Waals surface area contributed by atoms with E-state index in [9.17, 15) is 14.7 Å². The normalized spacial score (nSPS) is 24.6. The summed E-state index contributed by atoms with van der Waals surface area (Å²) in [5.41, 5.74) is 0.902. The Morgan fingerprint density at radius 2 is 2.00 bits per heavy atom. The SMILES string of the molecule is Cc1cc(OC(C)C(=O)N2CCC([C@@H]3OCCC3C(=O)O)CC2)ccc1Cl. The van der Waals surface area contributed by atoms with Crippen LogP contribution < -0.4 is 4.74 Å². The third-order valence-corrected chi connectivity index (χ3v) is 5.98. The van der Waals surface area contributed by atoms with Crippen LogP contribution in [0.15, 0.2) is 18.2 Å². The number of aliphatic carboxylic acids is 1. The largest absolute Gasteiger partial charge is 0.481 e. The number of hydrogen-bond acceptors (Lipinski definition) is 4. The van der Waals surface area contributed by atoms with E-state index in [0.717, 1.165) is 18.4 Å². The zero-order valence-electron chi connectivity index (χ0n) is 15.7. The predicted octanol–water partition coefficient (Wildman–Crippen LogP) is 3.14. The number of carbonyl (C=O) groups is 2. The Morgan fingerprint density at radius 1 is 1.30 bits per heavy atom. The Balaban J connectivity index is 1.53. The number of aryl methyl sites for hydroxylation is 1. The van der Waals surface area contributed by atoms with Crippen molar-refractivity contribution in [2.45, 2.75) is 45.3 Å². The summed E-state index contributed by atoms with van der Waals surface area (Å²) in [5, 5.41) is 10.00. The van der Waals surface area contributed by atoms with E-state index in [2.05, 4.69) is 0 Å². The molecule has 2 unspecified atom stereocenters. The van der Waals surface area contributed by atoms with E-state index < -0.39 is 18.0 Å². The second-order valence-corrected chi connectivity index (χ2v) is 7.81. The van der Waals surface area contributed by atoms with Gasteiger partial charge in [-0.15, -0.1) is 0 Å². The van der Waals surface area contributed by atoms with Crippen molar-refractivity contribution in [3.8, 4) is 5.75 Å². The first-order valence-electron chi connectivity index (χ1n) is 9.43. The maximum absolute atomic E-state index is 12.7. The van der Waals surface area contributed by atoms with Gasteiger partial charge in [0.05, 0.1) is 12.0 Å². The molecule has 1 aromatic rings. The Morgan fingerprint density at radius 3 is 2.63 bits per heavy atom. The Kier molecular flexibility index (Phi) is 6.27. The molecule has 2 saturated heterocycles. The zero-order chi connectivity index (χ0) is 19.6. The van der Waals surface area contributed by atoms with Crippen molar-refractivity contribution in [3.05, 3.63) is 28.8 Å². The number of rotatable bonds is 5. The topological polar surface area (TPSA) is 76.1 Å². The van der Waals surface area contributed by atoms with Crippen LogP contribution in [0.2, 0.25) is 5.02 Å². The number of carboxylic acids is 1. The molecule has 27 heavy (non-hydrogen) atoms. The number of carboxylic acid groups (broad SMARTS) is 1. The lowest BCUT2D eigenvalue weighted by atomic mass is 9.84. The third-order valence-electron chi connectivity index (χ3n) is 5.56. The third kappa shape index (κ3) is 4.55. The summed E-state index contributed by atoms with van der Waals surface area (Å²) in [5.74, 6) is -0.448. The average molecular weight is 396 g/mol. The van der Waals surface area contributed by atoms with Crippen LogP contribution in [0.5, 0.6) is 5.75 Å². The molecular weight excluding hydrogens is 370 g/mol. The van der Waals surface area contributed by atoms with Gasteiger partial charge in [0.1, 0.15) is 5.75 Å². The molecule has 0 spiro atoms. The maximum atomic E-state index is 12.7. The number of amides is 1. The summed E-state index contributed by atoms with van der Waals surface area (Å²) in [6, 6.07) is 5.34. The highest BCUT2D eigenvalue weighted by Gasteiger charge is 2.41. The molecule has 3 rings (SSSR count). The van der Waals surface area contributed by atoms with Gasteiger partial charge in [-0.2, -0.15) is 0 Å². The molecule has 1 aromatic carbocycles. The number of hydrogen-bond donors (Lipinski definition) is 1. The van der Waals surface area contributed by atoms with Crippen LogP contribution in [0, 0.1) is 18.8 Å². The van der Waals surface area contributed by atoms with E-state index in [1.54, 1.807) is 24.0 Å². The molecule has 1 amide bonds. The number of likely N-dealkylation sites (tertiary alicyclic amines) is 1. The number of carbonyl (C=O) groups excluding carboxylic acids is 1.